The molecule has 0 spiro atoms. The Morgan fingerprint density at radius 1 is 1.26 bits per heavy atom. The van der Waals surface area contributed by atoms with Crippen molar-refractivity contribution in [1.29, 1.82) is 0 Å². The fourth-order valence-electron chi connectivity index (χ4n) is 2.72. The van der Waals surface area contributed by atoms with Gasteiger partial charge in [0.2, 0.25) is 0 Å². The van der Waals surface area contributed by atoms with Crippen molar-refractivity contribution in [1.82, 2.24) is 4.90 Å². The minimum atomic E-state index is 0.252. The van der Waals surface area contributed by atoms with Crippen LogP contribution in [-0.2, 0) is 0 Å². The Balaban J connectivity index is 2.10. The molecular formula is C16H25NO2. The zero-order valence-corrected chi connectivity index (χ0v) is 12.4. The zero-order chi connectivity index (χ0) is 14.0. The van der Waals surface area contributed by atoms with Crippen LogP contribution in [0.3, 0.4) is 0 Å². The third-order valence-corrected chi connectivity index (χ3v) is 4.39. The summed E-state index contributed by atoms with van der Waals surface area (Å²) in [6.45, 7) is 9.03. The minimum Gasteiger partial charge on any atom is -0.507 e. The van der Waals surface area contributed by atoms with Crippen molar-refractivity contribution in [2.75, 3.05) is 20.2 Å². The molecule has 1 unspecified atom stereocenters. The topological polar surface area (TPSA) is 32.7 Å². The van der Waals surface area contributed by atoms with Crippen LogP contribution in [0.5, 0.6) is 11.5 Å². The second-order valence-corrected chi connectivity index (χ2v) is 6.30. The van der Waals surface area contributed by atoms with E-state index in [9.17, 15) is 5.11 Å². The van der Waals surface area contributed by atoms with Gasteiger partial charge in [-0.1, -0.05) is 19.9 Å². The summed E-state index contributed by atoms with van der Waals surface area (Å²) in [6.07, 6.45) is 2.43. The number of likely N-dealkylation sites (tertiary alicyclic amines) is 1. The predicted octanol–water partition coefficient (Wildman–Crippen LogP) is 3.58. The normalized spacial score (nSPS) is 21.1. The van der Waals surface area contributed by atoms with Crippen LogP contribution in [0.15, 0.2) is 18.2 Å². The zero-order valence-electron chi connectivity index (χ0n) is 12.4. The molecule has 1 atom stereocenters. The van der Waals surface area contributed by atoms with Gasteiger partial charge in [-0.3, -0.25) is 4.90 Å². The highest BCUT2D eigenvalue weighted by Gasteiger charge is 2.28. The van der Waals surface area contributed by atoms with E-state index in [2.05, 4.69) is 25.7 Å². The Morgan fingerprint density at radius 3 is 2.42 bits per heavy atom. The molecule has 1 fully saturated rings. The first-order valence-corrected chi connectivity index (χ1v) is 7.04. The Kier molecular flexibility index (Phi) is 4.04. The maximum atomic E-state index is 10.1. The lowest BCUT2D eigenvalue weighted by atomic mass is 9.82. The average Bonchev–Trinajstić information content (AvgIpc) is 2.37. The summed E-state index contributed by atoms with van der Waals surface area (Å²) in [6, 6.07) is 5.83. The standard InChI is InChI=1S/C16H25NO2/c1-12(17-9-7-16(2,3)8-10-17)14-6-5-13(19-4)11-15(14)18/h5-6,11-12,18H,7-10H2,1-4H3. The summed E-state index contributed by atoms with van der Waals surface area (Å²) < 4.78 is 5.13. The van der Waals surface area contributed by atoms with E-state index < -0.39 is 0 Å². The Hall–Kier alpha value is -1.22. The van der Waals surface area contributed by atoms with Gasteiger partial charge in [0.05, 0.1) is 7.11 Å². The summed E-state index contributed by atoms with van der Waals surface area (Å²) >= 11 is 0. The summed E-state index contributed by atoms with van der Waals surface area (Å²) in [5, 5.41) is 10.1. The molecule has 0 amide bonds. The van der Waals surface area contributed by atoms with Crippen LogP contribution < -0.4 is 4.74 Å². The molecule has 0 aliphatic carbocycles. The van der Waals surface area contributed by atoms with Crippen molar-refractivity contribution >= 4 is 0 Å². The van der Waals surface area contributed by atoms with Gasteiger partial charge in [-0.15, -0.1) is 0 Å². The number of phenols is 1. The van der Waals surface area contributed by atoms with E-state index in [1.165, 1.54) is 12.8 Å². The fourth-order valence-corrected chi connectivity index (χ4v) is 2.72. The molecule has 0 radical (unpaired) electrons. The van der Waals surface area contributed by atoms with Crippen LogP contribution in [0.25, 0.3) is 0 Å². The van der Waals surface area contributed by atoms with E-state index in [0.717, 1.165) is 18.7 Å². The number of nitrogens with zero attached hydrogens (tertiary/aromatic N) is 1. The van der Waals surface area contributed by atoms with Gasteiger partial charge < -0.3 is 9.84 Å². The number of aromatic hydroxyl groups is 1. The first kappa shape index (κ1) is 14.2. The smallest absolute Gasteiger partial charge is 0.124 e. The molecule has 19 heavy (non-hydrogen) atoms. The highest BCUT2D eigenvalue weighted by molar-refractivity contribution is 5.41. The van der Waals surface area contributed by atoms with Crippen molar-refractivity contribution in [2.45, 2.75) is 39.7 Å². The number of hydrogen-bond acceptors (Lipinski definition) is 3. The third kappa shape index (κ3) is 3.21. The lowest BCUT2D eigenvalue weighted by Gasteiger charge is -2.40. The van der Waals surface area contributed by atoms with E-state index >= 15 is 0 Å². The van der Waals surface area contributed by atoms with E-state index in [1.807, 2.05) is 12.1 Å². The number of benzene rings is 1. The molecule has 1 aromatic rings. The van der Waals surface area contributed by atoms with Gasteiger partial charge >= 0.3 is 0 Å². The predicted molar refractivity (Wildman–Crippen MR) is 77.7 cm³/mol. The number of methoxy groups -OCH3 is 1. The van der Waals surface area contributed by atoms with E-state index in [1.54, 1.807) is 13.2 Å². The maximum absolute atomic E-state index is 10.1. The molecule has 1 heterocycles. The summed E-state index contributed by atoms with van der Waals surface area (Å²) in [5.41, 5.74) is 1.44. The molecule has 1 aliphatic rings. The van der Waals surface area contributed by atoms with Crippen molar-refractivity contribution in [3.8, 4) is 11.5 Å². The molecule has 2 rings (SSSR count). The van der Waals surface area contributed by atoms with Crippen LogP contribution in [-0.4, -0.2) is 30.2 Å². The van der Waals surface area contributed by atoms with Gasteiger partial charge in [-0.2, -0.15) is 0 Å². The number of piperidine rings is 1. The SMILES string of the molecule is COc1ccc(C(C)N2CCC(C)(C)CC2)c(O)c1. The van der Waals surface area contributed by atoms with Crippen LogP contribution in [0.1, 0.15) is 45.2 Å². The Morgan fingerprint density at radius 2 is 1.89 bits per heavy atom. The summed E-state index contributed by atoms with van der Waals surface area (Å²) in [4.78, 5) is 2.45. The van der Waals surface area contributed by atoms with Gasteiger partial charge in [0.1, 0.15) is 11.5 Å². The van der Waals surface area contributed by atoms with Crippen LogP contribution in [0.2, 0.25) is 0 Å². The summed E-state index contributed by atoms with van der Waals surface area (Å²) in [7, 11) is 1.62. The molecule has 0 aromatic heterocycles. The van der Waals surface area contributed by atoms with Gasteiger partial charge in [-0.05, 0) is 44.3 Å². The lowest BCUT2D eigenvalue weighted by molar-refractivity contribution is 0.0994. The molecule has 1 aromatic carbocycles. The third-order valence-electron chi connectivity index (χ3n) is 4.39. The average molecular weight is 263 g/mol. The molecule has 0 saturated carbocycles. The first-order valence-electron chi connectivity index (χ1n) is 7.04. The number of hydrogen-bond donors (Lipinski definition) is 1. The largest absolute Gasteiger partial charge is 0.507 e. The van der Waals surface area contributed by atoms with Crippen LogP contribution in [0, 0.1) is 5.41 Å². The van der Waals surface area contributed by atoms with Crippen molar-refractivity contribution in [3.05, 3.63) is 23.8 Å². The highest BCUT2D eigenvalue weighted by Crippen LogP contribution is 2.36. The van der Waals surface area contributed by atoms with Crippen molar-refractivity contribution in [3.63, 3.8) is 0 Å². The van der Waals surface area contributed by atoms with Crippen LogP contribution in [0.4, 0.5) is 0 Å². The second kappa shape index (κ2) is 5.41. The van der Waals surface area contributed by atoms with Gasteiger partial charge in [0, 0.05) is 17.7 Å². The van der Waals surface area contributed by atoms with Crippen molar-refractivity contribution < 1.29 is 9.84 Å². The van der Waals surface area contributed by atoms with Crippen LogP contribution >= 0.6 is 0 Å². The molecule has 1 saturated heterocycles. The first-order chi connectivity index (χ1) is 8.93. The molecular weight excluding hydrogens is 238 g/mol. The second-order valence-electron chi connectivity index (χ2n) is 6.30. The molecule has 0 bridgehead atoms. The lowest BCUT2D eigenvalue weighted by Crippen LogP contribution is -2.38. The monoisotopic (exact) mass is 263 g/mol. The highest BCUT2D eigenvalue weighted by atomic mass is 16.5. The van der Waals surface area contributed by atoms with Gasteiger partial charge in [-0.25, -0.2) is 0 Å². The molecule has 3 heteroatoms. The number of ether oxygens (including phenoxy) is 1. The maximum Gasteiger partial charge on any atom is 0.124 e. The summed E-state index contributed by atoms with van der Waals surface area (Å²) in [5.74, 6) is 1.03. The number of rotatable bonds is 3. The van der Waals surface area contributed by atoms with E-state index in [4.69, 9.17) is 4.74 Å². The fraction of sp³-hybridized carbons (Fsp3) is 0.625. The number of phenolic OH excluding ortho intramolecular Hbond substituents is 1. The molecule has 106 valence electrons. The molecule has 3 nitrogen and oxygen atoms in total. The van der Waals surface area contributed by atoms with E-state index in [-0.39, 0.29) is 6.04 Å². The van der Waals surface area contributed by atoms with Gasteiger partial charge in [0.15, 0.2) is 0 Å². The molecule has 1 aliphatic heterocycles. The van der Waals surface area contributed by atoms with Gasteiger partial charge in [0.25, 0.3) is 0 Å². The molecule has 1 N–H and O–H groups in total. The quantitative estimate of drug-likeness (QED) is 0.904. The Bertz CT molecular complexity index is 432. The van der Waals surface area contributed by atoms with Crippen molar-refractivity contribution in [2.24, 2.45) is 5.41 Å². The van der Waals surface area contributed by atoms with E-state index in [0.29, 0.717) is 16.9 Å². The minimum absolute atomic E-state index is 0.252. The Labute approximate surface area is 116 Å².